The molecule has 3 aromatic heterocycles. The molecule has 6 heteroatoms. The van der Waals surface area contributed by atoms with Gasteiger partial charge in [-0.15, -0.1) is 10.2 Å². The minimum Gasteiger partial charge on any atom is -0.322 e. The average Bonchev–Trinajstić information content (AvgIpc) is 3.10. The van der Waals surface area contributed by atoms with Crippen LogP contribution in [0, 0.1) is 20.8 Å². The van der Waals surface area contributed by atoms with Gasteiger partial charge in [0.2, 0.25) is 5.56 Å². The van der Waals surface area contributed by atoms with Crippen LogP contribution in [0.5, 0.6) is 0 Å². The molecule has 0 aliphatic rings. The predicted octanol–water partition coefficient (Wildman–Crippen LogP) is 4.94. The standard InChI is InChI=1S/C23H20N4OS/c1-13-8-14(2)21-16(9-13)10-15(3)22-25-26-23(27(21)22)29-12-17-11-20(28)24-19-7-5-4-6-18(17)19/h4-11H,12H2,1-3H3,(H,24,28). The molecule has 0 radical (unpaired) electrons. The van der Waals surface area contributed by atoms with Crippen LogP contribution >= 0.6 is 11.8 Å². The number of benzene rings is 2. The van der Waals surface area contributed by atoms with Crippen molar-refractivity contribution in [1.82, 2.24) is 19.6 Å². The highest BCUT2D eigenvalue weighted by atomic mass is 32.2. The number of aryl methyl sites for hydroxylation is 3. The maximum Gasteiger partial charge on any atom is 0.248 e. The first kappa shape index (κ1) is 17.9. The van der Waals surface area contributed by atoms with E-state index in [1.165, 1.54) is 16.5 Å². The number of H-pyrrole nitrogens is 1. The fraction of sp³-hybridized carbons (Fsp3) is 0.174. The third-order valence-electron chi connectivity index (χ3n) is 5.25. The number of para-hydroxylation sites is 1. The zero-order chi connectivity index (χ0) is 20.1. The van der Waals surface area contributed by atoms with Crippen molar-refractivity contribution in [1.29, 1.82) is 0 Å². The Morgan fingerprint density at radius 3 is 2.69 bits per heavy atom. The summed E-state index contributed by atoms with van der Waals surface area (Å²) in [5.74, 6) is 0.644. The van der Waals surface area contributed by atoms with Crippen molar-refractivity contribution >= 4 is 39.2 Å². The molecule has 5 rings (SSSR count). The van der Waals surface area contributed by atoms with E-state index in [0.717, 1.165) is 38.4 Å². The summed E-state index contributed by atoms with van der Waals surface area (Å²) in [4.78, 5) is 15.0. The van der Waals surface area contributed by atoms with Crippen molar-refractivity contribution in [3.63, 3.8) is 0 Å². The molecule has 0 saturated heterocycles. The first-order valence-corrected chi connectivity index (χ1v) is 10.5. The summed E-state index contributed by atoms with van der Waals surface area (Å²) in [6, 6.07) is 16.1. The maximum atomic E-state index is 12.1. The van der Waals surface area contributed by atoms with E-state index in [-0.39, 0.29) is 5.56 Å². The van der Waals surface area contributed by atoms with Crippen LogP contribution < -0.4 is 5.56 Å². The fourth-order valence-electron chi connectivity index (χ4n) is 4.07. The Kier molecular flexibility index (Phi) is 4.17. The molecule has 144 valence electrons. The Morgan fingerprint density at radius 1 is 1.00 bits per heavy atom. The molecule has 0 bridgehead atoms. The van der Waals surface area contributed by atoms with E-state index in [1.807, 2.05) is 24.3 Å². The second-order valence-corrected chi connectivity index (χ2v) is 8.42. The van der Waals surface area contributed by atoms with Gasteiger partial charge < -0.3 is 4.98 Å². The largest absolute Gasteiger partial charge is 0.322 e. The Morgan fingerprint density at radius 2 is 1.83 bits per heavy atom. The van der Waals surface area contributed by atoms with E-state index < -0.39 is 0 Å². The molecule has 3 heterocycles. The molecule has 5 aromatic rings. The highest BCUT2D eigenvalue weighted by Crippen LogP contribution is 2.30. The Hall–Kier alpha value is -3.12. The second-order valence-electron chi connectivity index (χ2n) is 7.48. The van der Waals surface area contributed by atoms with Crippen LogP contribution in [-0.4, -0.2) is 19.6 Å². The lowest BCUT2D eigenvalue weighted by Gasteiger charge is -2.11. The van der Waals surface area contributed by atoms with Gasteiger partial charge in [0.1, 0.15) is 0 Å². The summed E-state index contributed by atoms with van der Waals surface area (Å²) in [5, 5.41) is 12.0. The van der Waals surface area contributed by atoms with Gasteiger partial charge in [0.15, 0.2) is 10.8 Å². The van der Waals surface area contributed by atoms with Gasteiger partial charge in [0, 0.05) is 22.7 Å². The van der Waals surface area contributed by atoms with Gasteiger partial charge in [0.25, 0.3) is 0 Å². The minimum atomic E-state index is -0.0852. The van der Waals surface area contributed by atoms with Crippen molar-refractivity contribution < 1.29 is 0 Å². The van der Waals surface area contributed by atoms with Crippen LogP contribution in [0.2, 0.25) is 0 Å². The lowest BCUT2D eigenvalue weighted by Crippen LogP contribution is -2.06. The van der Waals surface area contributed by atoms with Crippen LogP contribution in [0.1, 0.15) is 22.3 Å². The summed E-state index contributed by atoms with van der Waals surface area (Å²) >= 11 is 1.61. The molecule has 0 fully saturated rings. The Balaban J connectivity index is 1.65. The summed E-state index contributed by atoms with van der Waals surface area (Å²) < 4.78 is 2.15. The van der Waals surface area contributed by atoms with Gasteiger partial charge in [-0.2, -0.15) is 0 Å². The number of fused-ring (bicyclic) bond motifs is 4. The SMILES string of the molecule is Cc1cc(C)c2c(c1)cc(C)c1nnc(SCc3cc(=O)[nH]c4ccccc34)n12. The highest BCUT2D eigenvalue weighted by molar-refractivity contribution is 7.98. The summed E-state index contributed by atoms with van der Waals surface area (Å²) in [6.45, 7) is 6.31. The average molecular weight is 401 g/mol. The van der Waals surface area contributed by atoms with Gasteiger partial charge in [-0.25, -0.2) is 0 Å². The Labute approximate surface area is 171 Å². The van der Waals surface area contributed by atoms with Crippen molar-refractivity contribution in [2.45, 2.75) is 31.7 Å². The van der Waals surface area contributed by atoms with Crippen LogP contribution in [-0.2, 0) is 5.75 Å². The van der Waals surface area contributed by atoms with Crippen molar-refractivity contribution in [2.24, 2.45) is 0 Å². The number of nitrogens with one attached hydrogen (secondary N) is 1. The van der Waals surface area contributed by atoms with Crippen LogP contribution in [0.3, 0.4) is 0 Å². The molecule has 0 saturated carbocycles. The molecule has 1 N–H and O–H groups in total. The fourth-order valence-corrected chi connectivity index (χ4v) is 4.99. The number of aromatic amines is 1. The maximum absolute atomic E-state index is 12.1. The zero-order valence-corrected chi connectivity index (χ0v) is 17.3. The smallest absolute Gasteiger partial charge is 0.248 e. The van der Waals surface area contributed by atoms with Gasteiger partial charge >= 0.3 is 0 Å². The molecule has 29 heavy (non-hydrogen) atoms. The van der Waals surface area contributed by atoms with Crippen LogP contribution in [0.4, 0.5) is 0 Å². The van der Waals surface area contributed by atoms with E-state index in [1.54, 1.807) is 17.8 Å². The first-order valence-electron chi connectivity index (χ1n) is 9.51. The number of thioether (sulfide) groups is 1. The molecule has 0 amide bonds. The van der Waals surface area contributed by atoms with E-state index in [2.05, 4.69) is 58.6 Å². The predicted molar refractivity (Wildman–Crippen MR) is 119 cm³/mol. The van der Waals surface area contributed by atoms with Crippen LogP contribution in [0.15, 0.2) is 58.5 Å². The lowest BCUT2D eigenvalue weighted by molar-refractivity contribution is 0.938. The number of hydrogen-bond acceptors (Lipinski definition) is 4. The Bertz CT molecular complexity index is 1470. The molecule has 2 aromatic carbocycles. The molecule has 0 spiro atoms. The van der Waals surface area contributed by atoms with Gasteiger partial charge in [0.05, 0.1) is 5.52 Å². The third kappa shape index (κ3) is 3.00. The number of rotatable bonds is 3. The second kappa shape index (κ2) is 6.74. The molecule has 0 atom stereocenters. The molecular formula is C23H20N4OS. The quantitative estimate of drug-likeness (QED) is 0.436. The topological polar surface area (TPSA) is 63.0 Å². The van der Waals surface area contributed by atoms with Crippen molar-refractivity contribution in [2.75, 3.05) is 0 Å². The number of hydrogen-bond donors (Lipinski definition) is 1. The minimum absolute atomic E-state index is 0.0852. The third-order valence-corrected chi connectivity index (χ3v) is 6.23. The summed E-state index contributed by atoms with van der Waals surface area (Å²) in [6.07, 6.45) is 0. The van der Waals surface area contributed by atoms with E-state index in [4.69, 9.17) is 0 Å². The number of nitrogens with zero attached hydrogens (tertiary/aromatic N) is 3. The van der Waals surface area contributed by atoms with Gasteiger partial charge in [-0.1, -0.05) is 41.6 Å². The molecule has 0 aliphatic heterocycles. The normalized spacial score (nSPS) is 11.7. The van der Waals surface area contributed by atoms with Gasteiger partial charge in [-0.05, 0) is 61.0 Å². The molecule has 0 unspecified atom stereocenters. The van der Waals surface area contributed by atoms with Gasteiger partial charge in [-0.3, -0.25) is 9.20 Å². The monoisotopic (exact) mass is 400 g/mol. The van der Waals surface area contributed by atoms with Crippen LogP contribution in [0.25, 0.3) is 27.5 Å². The highest BCUT2D eigenvalue weighted by Gasteiger charge is 2.15. The first-order chi connectivity index (χ1) is 14.0. The van der Waals surface area contributed by atoms with Crippen molar-refractivity contribution in [3.05, 3.63) is 81.1 Å². The van der Waals surface area contributed by atoms with E-state index in [0.29, 0.717) is 5.75 Å². The zero-order valence-electron chi connectivity index (χ0n) is 16.5. The van der Waals surface area contributed by atoms with E-state index in [9.17, 15) is 4.79 Å². The lowest BCUT2D eigenvalue weighted by atomic mass is 10.1. The number of pyridine rings is 2. The molecule has 0 aliphatic carbocycles. The van der Waals surface area contributed by atoms with Crippen molar-refractivity contribution in [3.8, 4) is 0 Å². The summed E-state index contributed by atoms with van der Waals surface area (Å²) in [5.41, 5.74) is 7.33. The summed E-state index contributed by atoms with van der Waals surface area (Å²) in [7, 11) is 0. The van der Waals surface area contributed by atoms with E-state index >= 15 is 0 Å². The number of aromatic nitrogens is 4. The molecular weight excluding hydrogens is 380 g/mol. The molecule has 5 nitrogen and oxygen atoms in total.